The molecule has 0 aliphatic heterocycles. The SMILES string of the molecule is CCC(C)(C)C(=O)Oc1ccc2ccc(S(=O)(=O)[O-])cc2c1. The summed E-state index contributed by atoms with van der Waals surface area (Å²) in [4.78, 5) is 11.8. The van der Waals surface area contributed by atoms with Gasteiger partial charge in [-0.05, 0) is 55.3 Å². The lowest BCUT2D eigenvalue weighted by Crippen LogP contribution is -2.28. The molecule has 0 aliphatic carbocycles. The number of carbonyl (C=O) groups excluding carboxylic acids is 1. The first-order chi connectivity index (χ1) is 10.1. The fraction of sp³-hybridized carbons (Fsp3) is 0.312. The molecule has 0 aromatic heterocycles. The van der Waals surface area contributed by atoms with Crippen molar-refractivity contribution >= 4 is 26.9 Å². The van der Waals surface area contributed by atoms with E-state index in [0.717, 1.165) is 5.39 Å². The number of benzene rings is 2. The number of fused-ring (bicyclic) bond motifs is 1. The van der Waals surface area contributed by atoms with Crippen molar-refractivity contribution in [3.63, 3.8) is 0 Å². The van der Waals surface area contributed by atoms with E-state index in [1.54, 1.807) is 38.1 Å². The second-order valence-corrected chi connectivity index (χ2v) is 7.13. The summed E-state index contributed by atoms with van der Waals surface area (Å²) in [6.45, 7) is 5.48. The van der Waals surface area contributed by atoms with E-state index >= 15 is 0 Å². The summed E-state index contributed by atoms with van der Waals surface area (Å²) in [6, 6.07) is 8.97. The molecule has 0 fully saturated rings. The van der Waals surface area contributed by atoms with E-state index in [9.17, 15) is 17.8 Å². The lowest BCUT2D eigenvalue weighted by Gasteiger charge is -2.20. The Bertz CT molecular complexity index is 822. The summed E-state index contributed by atoms with van der Waals surface area (Å²) in [5, 5.41) is 1.28. The standard InChI is InChI=1S/C16H18O5S/c1-4-16(2,3)15(17)21-13-7-5-11-6-8-14(22(18,19)20)10-12(11)9-13/h5-10H,4H2,1-3H3,(H,18,19,20)/p-1. The molecule has 0 amide bonds. The summed E-state index contributed by atoms with van der Waals surface area (Å²) >= 11 is 0. The van der Waals surface area contributed by atoms with E-state index in [4.69, 9.17) is 4.74 Å². The minimum atomic E-state index is -4.52. The van der Waals surface area contributed by atoms with Gasteiger partial charge in [-0.1, -0.05) is 19.1 Å². The van der Waals surface area contributed by atoms with Crippen LogP contribution in [0.2, 0.25) is 0 Å². The van der Waals surface area contributed by atoms with E-state index in [-0.39, 0.29) is 10.9 Å². The topological polar surface area (TPSA) is 83.5 Å². The molecule has 2 aromatic rings. The maximum Gasteiger partial charge on any atom is 0.316 e. The molecule has 0 bridgehead atoms. The van der Waals surface area contributed by atoms with Crippen LogP contribution in [0.3, 0.4) is 0 Å². The molecule has 5 nitrogen and oxygen atoms in total. The molecule has 0 atom stereocenters. The van der Waals surface area contributed by atoms with Gasteiger partial charge in [0.25, 0.3) is 0 Å². The van der Waals surface area contributed by atoms with Gasteiger partial charge in [0.05, 0.1) is 10.3 Å². The molecule has 0 aliphatic rings. The van der Waals surface area contributed by atoms with Crippen LogP contribution >= 0.6 is 0 Å². The van der Waals surface area contributed by atoms with Crippen LogP contribution in [-0.2, 0) is 14.9 Å². The van der Waals surface area contributed by atoms with Crippen LogP contribution in [0, 0.1) is 5.41 Å². The summed E-state index contributed by atoms with van der Waals surface area (Å²) in [5.41, 5.74) is -0.602. The molecule has 0 unspecified atom stereocenters. The van der Waals surface area contributed by atoms with Crippen LogP contribution in [-0.4, -0.2) is 18.9 Å². The molecule has 0 heterocycles. The number of esters is 1. The van der Waals surface area contributed by atoms with Gasteiger partial charge in [-0.25, -0.2) is 8.42 Å². The van der Waals surface area contributed by atoms with E-state index < -0.39 is 15.5 Å². The van der Waals surface area contributed by atoms with Gasteiger partial charge in [0.15, 0.2) is 0 Å². The molecule has 6 heteroatoms. The van der Waals surface area contributed by atoms with E-state index in [1.807, 2.05) is 6.92 Å². The maximum absolute atomic E-state index is 12.1. The van der Waals surface area contributed by atoms with Crippen LogP contribution in [0.4, 0.5) is 0 Å². The van der Waals surface area contributed by atoms with Crippen LogP contribution in [0.5, 0.6) is 5.75 Å². The first-order valence-electron chi connectivity index (χ1n) is 6.85. The van der Waals surface area contributed by atoms with Gasteiger partial charge in [0, 0.05) is 0 Å². The van der Waals surface area contributed by atoms with Crippen molar-refractivity contribution in [2.75, 3.05) is 0 Å². The van der Waals surface area contributed by atoms with Gasteiger partial charge >= 0.3 is 5.97 Å². The third kappa shape index (κ3) is 3.45. The smallest absolute Gasteiger partial charge is 0.316 e. The molecule has 22 heavy (non-hydrogen) atoms. The summed E-state index contributed by atoms with van der Waals surface area (Å²) in [7, 11) is -4.52. The Hall–Kier alpha value is -1.92. The largest absolute Gasteiger partial charge is 0.744 e. The number of carbonyl (C=O) groups is 1. The number of hydrogen-bond acceptors (Lipinski definition) is 5. The highest BCUT2D eigenvalue weighted by molar-refractivity contribution is 7.85. The third-order valence-electron chi connectivity index (χ3n) is 3.72. The van der Waals surface area contributed by atoms with Gasteiger partial charge in [0.2, 0.25) is 0 Å². The summed E-state index contributed by atoms with van der Waals surface area (Å²) < 4.78 is 38.5. The maximum atomic E-state index is 12.1. The Labute approximate surface area is 129 Å². The zero-order valence-electron chi connectivity index (χ0n) is 12.6. The highest BCUT2D eigenvalue weighted by atomic mass is 32.2. The van der Waals surface area contributed by atoms with Crippen LogP contribution in [0.1, 0.15) is 27.2 Å². The van der Waals surface area contributed by atoms with Gasteiger partial charge in [-0.3, -0.25) is 4.79 Å². The zero-order valence-corrected chi connectivity index (χ0v) is 13.4. The second kappa shape index (κ2) is 5.70. The molecular formula is C16H17O5S-. The fourth-order valence-corrected chi connectivity index (χ4v) is 2.32. The van der Waals surface area contributed by atoms with E-state index in [0.29, 0.717) is 17.6 Å². The van der Waals surface area contributed by atoms with E-state index in [1.165, 1.54) is 12.1 Å². The van der Waals surface area contributed by atoms with Gasteiger partial charge in [-0.2, -0.15) is 0 Å². The molecule has 0 N–H and O–H groups in total. The first kappa shape index (κ1) is 16.5. The van der Waals surface area contributed by atoms with E-state index in [2.05, 4.69) is 0 Å². The number of rotatable bonds is 4. The number of ether oxygens (including phenoxy) is 1. The summed E-state index contributed by atoms with van der Waals surface area (Å²) in [6.07, 6.45) is 0.637. The molecule has 0 saturated heterocycles. The van der Waals surface area contributed by atoms with Gasteiger partial charge < -0.3 is 9.29 Å². The van der Waals surface area contributed by atoms with Crippen LogP contribution < -0.4 is 4.74 Å². The highest BCUT2D eigenvalue weighted by Gasteiger charge is 2.27. The molecule has 2 aromatic carbocycles. The minimum absolute atomic E-state index is 0.308. The Balaban J connectivity index is 2.39. The Morgan fingerprint density at radius 3 is 2.36 bits per heavy atom. The summed E-state index contributed by atoms with van der Waals surface area (Å²) in [5.74, 6) is -0.0403. The van der Waals surface area contributed by atoms with Gasteiger partial charge in [0.1, 0.15) is 15.9 Å². The average molecular weight is 321 g/mol. The Morgan fingerprint density at radius 2 is 1.77 bits per heavy atom. The lowest BCUT2D eigenvalue weighted by molar-refractivity contribution is -0.144. The molecule has 118 valence electrons. The predicted molar refractivity (Wildman–Crippen MR) is 81.6 cm³/mol. The van der Waals surface area contributed by atoms with Crippen molar-refractivity contribution in [1.82, 2.24) is 0 Å². The molecular weight excluding hydrogens is 304 g/mol. The lowest BCUT2D eigenvalue weighted by atomic mass is 9.91. The predicted octanol–water partition coefficient (Wildman–Crippen LogP) is 3.09. The van der Waals surface area contributed by atoms with Crippen molar-refractivity contribution in [3.8, 4) is 5.75 Å². The molecule has 0 spiro atoms. The minimum Gasteiger partial charge on any atom is -0.744 e. The highest BCUT2D eigenvalue weighted by Crippen LogP contribution is 2.27. The quantitative estimate of drug-likeness (QED) is 0.491. The van der Waals surface area contributed by atoms with Crippen LogP contribution in [0.25, 0.3) is 10.8 Å². The second-order valence-electron chi connectivity index (χ2n) is 5.75. The van der Waals surface area contributed by atoms with Crippen molar-refractivity contribution in [2.24, 2.45) is 5.41 Å². The molecule has 0 radical (unpaired) electrons. The Kier molecular flexibility index (Phi) is 4.26. The fourth-order valence-electron chi connectivity index (χ4n) is 1.81. The van der Waals surface area contributed by atoms with Crippen molar-refractivity contribution in [1.29, 1.82) is 0 Å². The van der Waals surface area contributed by atoms with Crippen molar-refractivity contribution in [3.05, 3.63) is 36.4 Å². The normalized spacial score (nSPS) is 12.4. The first-order valence-corrected chi connectivity index (χ1v) is 8.26. The number of hydrogen-bond donors (Lipinski definition) is 0. The zero-order chi connectivity index (χ0) is 16.5. The Morgan fingerprint density at radius 1 is 1.14 bits per heavy atom. The monoisotopic (exact) mass is 321 g/mol. The van der Waals surface area contributed by atoms with Crippen LogP contribution in [0.15, 0.2) is 41.3 Å². The van der Waals surface area contributed by atoms with Gasteiger partial charge in [-0.15, -0.1) is 0 Å². The van der Waals surface area contributed by atoms with Crippen molar-refractivity contribution < 1.29 is 22.5 Å². The third-order valence-corrected chi connectivity index (χ3v) is 4.55. The average Bonchev–Trinajstić information content (AvgIpc) is 2.45. The molecule has 0 saturated carbocycles. The van der Waals surface area contributed by atoms with Crippen molar-refractivity contribution in [2.45, 2.75) is 32.1 Å². The molecule has 2 rings (SSSR count).